The summed E-state index contributed by atoms with van der Waals surface area (Å²) >= 11 is 1.82. The van der Waals surface area contributed by atoms with Crippen LogP contribution in [-0.4, -0.2) is 24.7 Å². The van der Waals surface area contributed by atoms with Gasteiger partial charge >= 0.3 is 0 Å². The second-order valence-electron chi connectivity index (χ2n) is 5.91. The maximum atomic E-state index is 3.69. The Hall–Kier alpha value is -1.06. The molecule has 2 nitrogen and oxygen atoms in total. The van der Waals surface area contributed by atoms with Crippen LogP contribution in [0.15, 0.2) is 29.6 Å². The minimum Gasteiger partial charge on any atom is -0.366 e. The Balaban J connectivity index is 1.94. The molecule has 1 aromatic heterocycles. The van der Waals surface area contributed by atoms with Crippen molar-refractivity contribution in [2.24, 2.45) is 0 Å². The van der Waals surface area contributed by atoms with E-state index in [2.05, 4.69) is 60.6 Å². The predicted octanol–water partition coefficient (Wildman–Crippen LogP) is 3.87. The van der Waals surface area contributed by atoms with Crippen LogP contribution in [0.3, 0.4) is 0 Å². The SMILES string of the molecule is CCC1(C)CN(c2ccc3sccc3c2)C(C)CN1. The van der Waals surface area contributed by atoms with E-state index in [1.165, 1.54) is 15.8 Å². The van der Waals surface area contributed by atoms with Gasteiger partial charge < -0.3 is 10.2 Å². The number of anilines is 1. The summed E-state index contributed by atoms with van der Waals surface area (Å²) in [6.07, 6.45) is 1.16. The minimum absolute atomic E-state index is 0.232. The topological polar surface area (TPSA) is 15.3 Å². The first-order valence-corrected chi connectivity index (χ1v) is 7.98. The number of nitrogens with zero attached hydrogens (tertiary/aromatic N) is 1. The molecule has 0 bridgehead atoms. The molecule has 0 radical (unpaired) electrons. The summed E-state index contributed by atoms with van der Waals surface area (Å²) in [5, 5.41) is 7.23. The van der Waals surface area contributed by atoms with E-state index in [0.717, 1.165) is 19.5 Å². The molecule has 0 aliphatic carbocycles. The van der Waals surface area contributed by atoms with Gasteiger partial charge in [0.15, 0.2) is 0 Å². The molecule has 2 aromatic rings. The Morgan fingerprint density at radius 3 is 3.05 bits per heavy atom. The lowest BCUT2D eigenvalue weighted by Crippen LogP contribution is -2.62. The van der Waals surface area contributed by atoms with Gasteiger partial charge in [-0.1, -0.05) is 6.92 Å². The van der Waals surface area contributed by atoms with Crippen molar-refractivity contribution in [2.75, 3.05) is 18.0 Å². The number of hydrogen-bond donors (Lipinski definition) is 1. The zero-order chi connectivity index (χ0) is 13.5. The smallest absolute Gasteiger partial charge is 0.0387 e. The average Bonchev–Trinajstić information content (AvgIpc) is 2.89. The quantitative estimate of drug-likeness (QED) is 0.894. The highest BCUT2D eigenvalue weighted by Crippen LogP contribution is 2.30. The maximum absolute atomic E-state index is 3.69. The minimum atomic E-state index is 0.232. The molecule has 102 valence electrons. The second kappa shape index (κ2) is 4.80. The molecule has 1 saturated heterocycles. The van der Waals surface area contributed by atoms with Gasteiger partial charge in [0, 0.05) is 35.1 Å². The molecule has 2 unspecified atom stereocenters. The summed E-state index contributed by atoms with van der Waals surface area (Å²) in [5.74, 6) is 0. The average molecular weight is 274 g/mol. The van der Waals surface area contributed by atoms with Gasteiger partial charge in [0.1, 0.15) is 0 Å². The Kier molecular flexibility index (Phi) is 3.27. The third kappa shape index (κ3) is 2.37. The highest BCUT2D eigenvalue weighted by Gasteiger charge is 2.32. The number of piperazine rings is 1. The molecule has 0 spiro atoms. The van der Waals surface area contributed by atoms with E-state index >= 15 is 0 Å². The van der Waals surface area contributed by atoms with Gasteiger partial charge in [0.25, 0.3) is 0 Å². The molecule has 2 heterocycles. The lowest BCUT2D eigenvalue weighted by molar-refractivity contribution is 0.286. The number of benzene rings is 1. The first kappa shape index (κ1) is 12.9. The number of hydrogen-bond acceptors (Lipinski definition) is 3. The van der Waals surface area contributed by atoms with Crippen LogP contribution >= 0.6 is 11.3 Å². The van der Waals surface area contributed by atoms with E-state index in [0.29, 0.717) is 6.04 Å². The fourth-order valence-corrected chi connectivity index (χ4v) is 3.58. The molecule has 1 aliphatic heterocycles. The first-order valence-electron chi connectivity index (χ1n) is 7.10. The van der Waals surface area contributed by atoms with Gasteiger partial charge in [-0.15, -0.1) is 11.3 Å². The van der Waals surface area contributed by atoms with Crippen LogP contribution in [0.25, 0.3) is 10.1 Å². The van der Waals surface area contributed by atoms with Crippen LogP contribution in [0.4, 0.5) is 5.69 Å². The van der Waals surface area contributed by atoms with Crippen LogP contribution in [0, 0.1) is 0 Å². The summed E-state index contributed by atoms with van der Waals surface area (Å²) in [4.78, 5) is 2.55. The molecule has 2 atom stereocenters. The predicted molar refractivity (Wildman–Crippen MR) is 85.3 cm³/mol. The summed E-state index contributed by atoms with van der Waals surface area (Å²) < 4.78 is 1.38. The lowest BCUT2D eigenvalue weighted by Gasteiger charge is -2.46. The van der Waals surface area contributed by atoms with Crippen molar-refractivity contribution in [1.82, 2.24) is 5.32 Å². The molecule has 0 amide bonds. The van der Waals surface area contributed by atoms with Crippen molar-refractivity contribution in [3.63, 3.8) is 0 Å². The maximum Gasteiger partial charge on any atom is 0.0387 e. The van der Waals surface area contributed by atoms with Crippen LogP contribution < -0.4 is 10.2 Å². The van der Waals surface area contributed by atoms with E-state index in [1.807, 2.05) is 11.3 Å². The van der Waals surface area contributed by atoms with E-state index in [9.17, 15) is 0 Å². The largest absolute Gasteiger partial charge is 0.366 e. The normalized spacial score (nSPS) is 27.9. The van der Waals surface area contributed by atoms with Crippen LogP contribution in [0.1, 0.15) is 27.2 Å². The number of fused-ring (bicyclic) bond motifs is 1. The number of rotatable bonds is 2. The molecule has 1 N–H and O–H groups in total. The second-order valence-corrected chi connectivity index (χ2v) is 6.86. The molecule has 1 aliphatic rings. The summed E-state index contributed by atoms with van der Waals surface area (Å²) in [6, 6.07) is 9.64. The van der Waals surface area contributed by atoms with Gasteiger partial charge in [-0.2, -0.15) is 0 Å². The molecule has 0 saturated carbocycles. The third-order valence-electron chi connectivity index (χ3n) is 4.42. The van der Waals surface area contributed by atoms with Gasteiger partial charge in [-0.05, 0) is 55.3 Å². The fourth-order valence-electron chi connectivity index (χ4n) is 2.81. The molecular formula is C16H22N2S. The van der Waals surface area contributed by atoms with Gasteiger partial charge in [0.05, 0.1) is 0 Å². The highest BCUT2D eigenvalue weighted by atomic mass is 32.1. The highest BCUT2D eigenvalue weighted by molar-refractivity contribution is 7.17. The Morgan fingerprint density at radius 2 is 2.26 bits per heavy atom. The molecular weight excluding hydrogens is 252 g/mol. The van der Waals surface area contributed by atoms with Crippen molar-refractivity contribution >= 4 is 27.1 Å². The molecule has 1 fully saturated rings. The third-order valence-corrected chi connectivity index (χ3v) is 5.32. The number of thiophene rings is 1. The fraction of sp³-hybridized carbons (Fsp3) is 0.500. The summed E-state index contributed by atoms with van der Waals surface area (Å²) in [5.41, 5.74) is 1.59. The lowest BCUT2D eigenvalue weighted by atomic mass is 9.93. The Morgan fingerprint density at radius 1 is 1.42 bits per heavy atom. The summed E-state index contributed by atoms with van der Waals surface area (Å²) in [7, 11) is 0. The zero-order valence-electron chi connectivity index (χ0n) is 11.9. The Bertz CT molecular complexity index is 577. The van der Waals surface area contributed by atoms with Gasteiger partial charge in [0.2, 0.25) is 0 Å². The van der Waals surface area contributed by atoms with Crippen LogP contribution in [0.2, 0.25) is 0 Å². The van der Waals surface area contributed by atoms with Gasteiger partial charge in [-0.25, -0.2) is 0 Å². The number of nitrogens with one attached hydrogen (secondary N) is 1. The van der Waals surface area contributed by atoms with E-state index < -0.39 is 0 Å². The standard InChI is InChI=1S/C16H22N2S/c1-4-16(3)11-18(12(2)10-17-16)14-5-6-15-13(9-14)7-8-19-15/h5-9,12,17H,4,10-11H2,1-3H3. The van der Waals surface area contributed by atoms with E-state index in [4.69, 9.17) is 0 Å². The summed E-state index contributed by atoms with van der Waals surface area (Å²) in [6.45, 7) is 9.05. The van der Waals surface area contributed by atoms with E-state index in [1.54, 1.807) is 0 Å². The van der Waals surface area contributed by atoms with Crippen molar-refractivity contribution in [3.8, 4) is 0 Å². The van der Waals surface area contributed by atoms with Crippen molar-refractivity contribution in [3.05, 3.63) is 29.6 Å². The first-order chi connectivity index (χ1) is 9.11. The molecule has 3 rings (SSSR count). The van der Waals surface area contributed by atoms with Crippen LogP contribution in [-0.2, 0) is 0 Å². The van der Waals surface area contributed by atoms with Crippen LogP contribution in [0.5, 0.6) is 0 Å². The van der Waals surface area contributed by atoms with Crippen molar-refractivity contribution in [1.29, 1.82) is 0 Å². The Labute approximate surface area is 119 Å². The zero-order valence-corrected chi connectivity index (χ0v) is 12.8. The molecule has 3 heteroatoms. The van der Waals surface area contributed by atoms with Gasteiger partial charge in [-0.3, -0.25) is 0 Å². The molecule has 1 aromatic carbocycles. The molecule has 19 heavy (non-hydrogen) atoms. The van der Waals surface area contributed by atoms with Crippen molar-refractivity contribution in [2.45, 2.75) is 38.8 Å². The van der Waals surface area contributed by atoms with Crippen molar-refractivity contribution < 1.29 is 0 Å². The monoisotopic (exact) mass is 274 g/mol. The van der Waals surface area contributed by atoms with E-state index in [-0.39, 0.29) is 5.54 Å².